The van der Waals surface area contributed by atoms with Gasteiger partial charge in [0.15, 0.2) is 16.9 Å². The zero-order chi connectivity index (χ0) is 31.0. The number of nitrogens with zero attached hydrogens (tertiary/aromatic N) is 3. The summed E-state index contributed by atoms with van der Waals surface area (Å²) < 4.78 is 36.6. The van der Waals surface area contributed by atoms with Crippen molar-refractivity contribution in [1.82, 2.24) is 19.5 Å². The molecule has 6 N–H and O–H groups in total. The molecule has 4 aromatic rings. The number of imidazole rings is 1. The maximum atomic E-state index is 12.9. The van der Waals surface area contributed by atoms with Gasteiger partial charge in [0.05, 0.1) is 31.7 Å². The Morgan fingerprint density at radius 2 is 1.82 bits per heavy atom. The van der Waals surface area contributed by atoms with E-state index in [2.05, 4.69) is 15.0 Å². The molecular formula is C28H30N5O10P. The first kappa shape index (κ1) is 30.2. The average molecular weight is 628 g/mol. The molecule has 44 heavy (non-hydrogen) atoms. The van der Waals surface area contributed by atoms with Crippen LogP contribution in [0, 0.1) is 0 Å². The number of ketones is 1. The quantitative estimate of drug-likeness (QED) is 0.125. The fourth-order valence-electron chi connectivity index (χ4n) is 5.37. The average Bonchev–Trinajstić information content (AvgIpc) is 3.72. The molecule has 2 aromatic heterocycles. The molecule has 6 rings (SSSR count). The van der Waals surface area contributed by atoms with Gasteiger partial charge in [0, 0.05) is 24.0 Å². The van der Waals surface area contributed by atoms with Gasteiger partial charge in [-0.1, -0.05) is 54.6 Å². The molecule has 15 nitrogen and oxygen atoms in total. The van der Waals surface area contributed by atoms with Crippen LogP contribution >= 0.6 is 7.82 Å². The van der Waals surface area contributed by atoms with E-state index in [4.69, 9.17) is 24.3 Å². The van der Waals surface area contributed by atoms with Crippen molar-refractivity contribution in [3.8, 4) is 0 Å². The molecule has 2 aromatic carbocycles. The van der Waals surface area contributed by atoms with Crippen LogP contribution in [-0.4, -0.2) is 78.0 Å². The van der Waals surface area contributed by atoms with Crippen LogP contribution in [0.1, 0.15) is 46.7 Å². The van der Waals surface area contributed by atoms with Crippen LogP contribution in [0.15, 0.2) is 65.7 Å². The minimum Gasteiger partial charge on any atom is -0.394 e. The third-order valence-electron chi connectivity index (χ3n) is 7.60. The number of hydrogen-bond acceptors (Lipinski definition) is 12. The number of aliphatic hydroxyl groups is 2. The zero-order valence-corrected chi connectivity index (χ0v) is 24.0. The summed E-state index contributed by atoms with van der Waals surface area (Å²) in [6.45, 7) is -0.968. The number of nitrogens with two attached hydrogens (primary N) is 1. The van der Waals surface area contributed by atoms with E-state index in [9.17, 15) is 29.3 Å². The number of fused-ring (bicyclic) bond motifs is 1. The van der Waals surface area contributed by atoms with Crippen molar-refractivity contribution in [2.75, 3.05) is 18.9 Å². The van der Waals surface area contributed by atoms with E-state index in [0.29, 0.717) is 16.7 Å². The summed E-state index contributed by atoms with van der Waals surface area (Å²) in [5, 5.41) is 20.4. The molecule has 4 heterocycles. The molecule has 0 saturated carbocycles. The summed E-state index contributed by atoms with van der Waals surface area (Å²) in [4.78, 5) is 45.7. The highest BCUT2D eigenvalue weighted by Gasteiger charge is 2.43. The lowest BCUT2D eigenvalue weighted by molar-refractivity contribution is -0.0509. The normalized spacial score (nSPS) is 26.6. The topological polar surface area (TPSA) is 221 Å². The van der Waals surface area contributed by atoms with Gasteiger partial charge < -0.3 is 30.3 Å². The van der Waals surface area contributed by atoms with Gasteiger partial charge in [0.1, 0.15) is 24.5 Å². The molecule has 16 heteroatoms. The van der Waals surface area contributed by atoms with Gasteiger partial charge in [-0.3, -0.25) is 28.2 Å². The Morgan fingerprint density at radius 3 is 2.55 bits per heavy atom. The lowest BCUT2D eigenvalue weighted by atomic mass is 9.99. The summed E-state index contributed by atoms with van der Waals surface area (Å²) in [7, 11) is -4.70. The first-order valence-corrected chi connectivity index (χ1v) is 15.3. The van der Waals surface area contributed by atoms with Crippen LogP contribution in [0.4, 0.5) is 5.95 Å². The highest BCUT2D eigenvalue weighted by atomic mass is 31.2. The number of carbonyl (C=O) groups excluding carboxylic acids is 1. The minimum atomic E-state index is -4.70. The predicted octanol–water partition coefficient (Wildman–Crippen LogP) is 1.61. The van der Waals surface area contributed by atoms with Gasteiger partial charge in [0.2, 0.25) is 5.95 Å². The number of hydrogen-bond donors (Lipinski definition) is 5. The maximum absolute atomic E-state index is 12.9. The molecule has 2 fully saturated rings. The number of H-pyrrole nitrogens is 1. The summed E-state index contributed by atoms with van der Waals surface area (Å²) in [5.41, 5.74) is 7.06. The molecule has 1 unspecified atom stereocenters. The highest BCUT2D eigenvalue weighted by Crippen LogP contribution is 2.49. The van der Waals surface area contributed by atoms with Crippen molar-refractivity contribution in [2.24, 2.45) is 0 Å². The van der Waals surface area contributed by atoms with E-state index in [1.165, 1.54) is 10.9 Å². The van der Waals surface area contributed by atoms with Crippen LogP contribution in [-0.2, 0) is 23.1 Å². The lowest BCUT2D eigenvalue weighted by Gasteiger charge is -2.22. The molecule has 2 saturated heterocycles. The van der Waals surface area contributed by atoms with E-state index < -0.39 is 63.3 Å². The summed E-state index contributed by atoms with van der Waals surface area (Å²) in [6, 6.07) is 15.7. The number of ether oxygens (including phenoxy) is 2. The predicted molar refractivity (Wildman–Crippen MR) is 153 cm³/mol. The Morgan fingerprint density at radius 1 is 1.09 bits per heavy atom. The Balaban J connectivity index is 1.06. The van der Waals surface area contributed by atoms with Crippen LogP contribution < -0.4 is 11.3 Å². The van der Waals surface area contributed by atoms with Crippen LogP contribution in [0.5, 0.6) is 0 Å². The monoisotopic (exact) mass is 627 g/mol. The minimum absolute atomic E-state index is 0.0392. The second kappa shape index (κ2) is 12.3. The van der Waals surface area contributed by atoms with Gasteiger partial charge in [0.25, 0.3) is 5.56 Å². The number of rotatable bonds is 10. The lowest BCUT2D eigenvalue weighted by Crippen LogP contribution is -2.29. The summed E-state index contributed by atoms with van der Waals surface area (Å²) >= 11 is 0. The van der Waals surface area contributed by atoms with Gasteiger partial charge in [-0.2, -0.15) is 4.98 Å². The van der Waals surface area contributed by atoms with Crippen molar-refractivity contribution in [3.05, 3.63) is 88.0 Å². The van der Waals surface area contributed by atoms with Crippen LogP contribution in [0.2, 0.25) is 0 Å². The molecule has 7 atom stereocenters. The third-order valence-corrected chi connectivity index (χ3v) is 8.61. The second-order valence-electron chi connectivity index (χ2n) is 10.5. The number of anilines is 1. The molecule has 0 bridgehead atoms. The Kier molecular flexibility index (Phi) is 8.46. The van der Waals surface area contributed by atoms with Gasteiger partial charge >= 0.3 is 7.82 Å². The van der Waals surface area contributed by atoms with Crippen molar-refractivity contribution in [2.45, 2.75) is 49.6 Å². The number of nitrogens with one attached hydrogen (secondary N) is 1. The molecule has 2 aliphatic rings. The standard InChI is InChI=1S/C28H30N5O10P/c29-28-31-26-24(27(37)32-28)30-14-33(26)23-10-18(35)22(42-23)13-40-44(38,39)43-20-11-19(41-21(20)12-34)15-6-8-17(9-7-15)25(36)16-4-2-1-3-5-16/h1-9,14,18-23,34-35H,10-13H2,(H,38,39)(H3,29,31,32,37)/t18-,19-,20-,21+,22+,23+/m0/s1. The first-order valence-electron chi connectivity index (χ1n) is 13.8. The molecule has 0 amide bonds. The van der Waals surface area contributed by atoms with Crippen molar-refractivity contribution >= 4 is 30.7 Å². The number of aromatic nitrogens is 4. The largest absolute Gasteiger partial charge is 0.472 e. The van der Waals surface area contributed by atoms with Gasteiger partial charge in [-0.05, 0) is 5.56 Å². The smallest absolute Gasteiger partial charge is 0.394 e. The summed E-state index contributed by atoms with van der Waals surface area (Å²) in [5.74, 6) is -0.245. The van der Waals surface area contributed by atoms with Crippen molar-refractivity contribution in [3.63, 3.8) is 0 Å². The number of phosphoric acid groups is 1. The van der Waals surface area contributed by atoms with E-state index in [-0.39, 0.29) is 35.7 Å². The fraction of sp³-hybridized carbons (Fsp3) is 0.357. The number of phosphoric ester groups is 1. The molecule has 2 aliphatic heterocycles. The van der Waals surface area contributed by atoms with E-state index in [0.717, 1.165) is 0 Å². The van der Waals surface area contributed by atoms with Crippen molar-refractivity contribution in [1.29, 1.82) is 0 Å². The number of aromatic amines is 1. The van der Waals surface area contributed by atoms with Crippen molar-refractivity contribution < 1.29 is 43.0 Å². The molecule has 0 spiro atoms. The molecule has 0 aliphatic carbocycles. The van der Waals surface area contributed by atoms with Gasteiger partial charge in [-0.15, -0.1) is 0 Å². The highest BCUT2D eigenvalue weighted by molar-refractivity contribution is 7.47. The molecule has 0 radical (unpaired) electrons. The van der Waals surface area contributed by atoms with Crippen LogP contribution in [0.3, 0.4) is 0 Å². The molecular weight excluding hydrogens is 597 g/mol. The maximum Gasteiger partial charge on any atom is 0.472 e. The Labute approximate surface area is 249 Å². The molecule has 232 valence electrons. The zero-order valence-electron chi connectivity index (χ0n) is 23.1. The number of carbonyl (C=O) groups is 1. The second-order valence-corrected chi connectivity index (χ2v) is 11.9. The third kappa shape index (κ3) is 6.22. The first-order chi connectivity index (χ1) is 21.1. The van der Waals surface area contributed by atoms with Gasteiger partial charge in [-0.25, -0.2) is 9.55 Å². The Bertz CT molecular complexity index is 1750. The van der Waals surface area contributed by atoms with E-state index >= 15 is 0 Å². The van der Waals surface area contributed by atoms with E-state index in [1.807, 2.05) is 6.07 Å². The number of aliphatic hydroxyl groups excluding tert-OH is 2. The summed E-state index contributed by atoms with van der Waals surface area (Å²) in [6.07, 6.45) is -3.84. The van der Waals surface area contributed by atoms with E-state index in [1.54, 1.807) is 48.5 Å². The Hall–Kier alpha value is -3.79. The fourth-order valence-corrected chi connectivity index (χ4v) is 6.33. The number of nitrogen functional groups attached to an aromatic ring is 1. The number of benzene rings is 2. The SMILES string of the molecule is Nc1nc2c(ncn2[C@H]2C[C@H](O)[C@@H](COP(=O)(O)O[C@H]3C[C@@H](c4ccc(C(=O)c5ccccc5)cc4)O[C@@H]3CO)O2)c(=O)[nH]1. The van der Waals surface area contributed by atoms with Crippen LogP contribution in [0.25, 0.3) is 11.2 Å².